The van der Waals surface area contributed by atoms with E-state index in [9.17, 15) is 32.9 Å². The zero-order chi connectivity index (χ0) is 23.8. The molecule has 1 aliphatic rings. The fraction of sp³-hybridized carbons (Fsp3) is 0.0455. The molecule has 11 heteroatoms. The summed E-state index contributed by atoms with van der Waals surface area (Å²) in [6.45, 7) is -0.715. The van der Waals surface area contributed by atoms with E-state index in [-0.39, 0.29) is 37.9 Å². The van der Waals surface area contributed by atoms with Crippen molar-refractivity contribution in [1.82, 2.24) is 0 Å². The number of hydrogen-bond acceptors (Lipinski definition) is 8. The number of fused-ring (bicyclic) bond motifs is 2. The lowest BCUT2D eigenvalue weighted by Crippen LogP contribution is -2.22. The molecule has 0 saturated carbocycles. The van der Waals surface area contributed by atoms with Gasteiger partial charge in [-0.05, 0) is 36.4 Å². The number of nitro groups is 1. The van der Waals surface area contributed by atoms with Crippen LogP contribution in [0.15, 0.2) is 76.5 Å². The molecule has 1 N–H and O–H groups in total. The summed E-state index contributed by atoms with van der Waals surface area (Å²) in [5, 5.41) is 13.2. The molecule has 1 heterocycles. The van der Waals surface area contributed by atoms with Crippen molar-refractivity contribution in [3.8, 4) is 0 Å². The Kier molecular flexibility index (Phi) is 5.48. The van der Waals surface area contributed by atoms with Crippen molar-refractivity contribution >= 4 is 38.9 Å². The fourth-order valence-corrected chi connectivity index (χ4v) is 5.00. The van der Waals surface area contributed by atoms with E-state index in [0.717, 1.165) is 12.1 Å². The molecule has 1 amide bonds. The lowest BCUT2D eigenvalue weighted by molar-refractivity contribution is -0.384. The minimum absolute atomic E-state index is 0.0538. The highest BCUT2D eigenvalue weighted by Crippen LogP contribution is 2.34. The van der Waals surface area contributed by atoms with Gasteiger partial charge >= 0.3 is 5.97 Å². The third-order valence-electron chi connectivity index (χ3n) is 4.85. The highest BCUT2D eigenvalue weighted by Gasteiger charge is 2.35. The maximum Gasteiger partial charge on any atom is 0.338 e. The van der Waals surface area contributed by atoms with Gasteiger partial charge in [0.1, 0.15) is 0 Å². The van der Waals surface area contributed by atoms with Crippen molar-refractivity contribution in [2.75, 3.05) is 11.9 Å². The lowest BCUT2D eigenvalue weighted by Gasteiger charge is -2.19. The van der Waals surface area contributed by atoms with E-state index in [1.807, 2.05) is 0 Å². The summed E-state index contributed by atoms with van der Waals surface area (Å²) < 4.78 is 30.8. The van der Waals surface area contributed by atoms with Crippen molar-refractivity contribution < 1.29 is 32.5 Å². The molecule has 0 bridgehead atoms. The Balaban J connectivity index is 1.50. The third kappa shape index (κ3) is 4.08. The Hall–Kier alpha value is -4.38. The molecule has 0 unspecified atom stereocenters. The number of rotatable bonds is 5. The number of non-ortho nitro benzene ring substituents is 1. The minimum Gasteiger partial charge on any atom is -0.452 e. The van der Waals surface area contributed by atoms with Crippen molar-refractivity contribution in [3.63, 3.8) is 0 Å². The molecule has 0 spiro atoms. The predicted molar refractivity (Wildman–Crippen MR) is 114 cm³/mol. The van der Waals surface area contributed by atoms with E-state index >= 15 is 0 Å². The number of ketones is 1. The van der Waals surface area contributed by atoms with Crippen LogP contribution in [-0.2, 0) is 19.4 Å². The molecule has 0 aliphatic carbocycles. The number of sulfone groups is 1. The topological polar surface area (TPSA) is 150 Å². The summed E-state index contributed by atoms with van der Waals surface area (Å²) >= 11 is 0. The second kappa shape index (κ2) is 8.28. The van der Waals surface area contributed by atoms with Gasteiger partial charge in [-0.1, -0.05) is 18.2 Å². The second-order valence-electron chi connectivity index (χ2n) is 6.97. The highest BCUT2D eigenvalue weighted by atomic mass is 32.2. The molecular weight excluding hydrogens is 452 g/mol. The van der Waals surface area contributed by atoms with E-state index in [0.29, 0.717) is 0 Å². The van der Waals surface area contributed by atoms with E-state index in [1.165, 1.54) is 48.5 Å². The number of nitrogens with zero attached hydrogens (tertiary/aromatic N) is 1. The molecule has 1 aliphatic heterocycles. The van der Waals surface area contributed by atoms with Gasteiger partial charge in [-0.3, -0.25) is 19.7 Å². The molecule has 3 aromatic carbocycles. The van der Waals surface area contributed by atoms with Gasteiger partial charge in [-0.15, -0.1) is 0 Å². The summed E-state index contributed by atoms with van der Waals surface area (Å²) in [7, 11) is -4.04. The van der Waals surface area contributed by atoms with Gasteiger partial charge in [-0.25, -0.2) is 13.2 Å². The number of carbonyl (C=O) groups excluding carboxylic acids is 3. The van der Waals surface area contributed by atoms with Gasteiger partial charge in [0.15, 0.2) is 12.4 Å². The molecule has 0 saturated heterocycles. The number of hydrogen-bond donors (Lipinski definition) is 1. The van der Waals surface area contributed by atoms with Crippen LogP contribution in [0.1, 0.15) is 26.3 Å². The van der Waals surface area contributed by atoms with Crippen molar-refractivity contribution in [2.24, 2.45) is 0 Å². The van der Waals surface area contributed by atoms with Gasteiger partial charge in [0.05, 0.1) is 20.3 Å². The Morgan fingerprint density at radius 3 is 2.42 bits per heavy atom. The Bertz CT molecular complexity index is 1450. The maximum atomic E-state index is 12.9. The smallest absolute Gasteiger partial charge is 0.338 e. The average molecular weight is 466 g/mol. The standard InChI is InChI=1S/C22H14N2O8S/c25-20(23-14-4-3-5-15(11-14)24(28)29)12-32-22(27)13-8-9-17-19(10-13)33(30,31)18-7-2-1-6-16(18)21(17)26/h1-11H,12H2,(H,23,25). The molecule has 33 heavy (non-hydrogen) atoms. The van der Waals surface area contributed by atoms with E-state index in [1.54, 1.807) is 6.07 Å². The number of ether oxygens (including phenoxy) is 1. The fourth-order valence-electron chi connectivity index (χ4n) is 3.32. The Labute approximate surface area is 186 Å². The first-order valence-electron chi connectivity index (χ1n) is 9.43. The summed E-state index contributed by atoms with van der Waals surface area (Å²) in [5.74, 6) is -2.21. The van der Waals surface area contributed by atoms with Crippen LogP contribution in [0.25, 0.3) is 0 Å². The highest BCUT2D eigenvalue weighted by molar-refractivity contribution is 7.91. The zero-order valence-corrected chi connectivity index (χ0v) is 17.5. The number of carbonyl (C=O) groups is 3. The Morgan fingerprint density at radius 1 is 0.939 bits per heavy atom. The van der Waals surface area contributed by atoms with E-state index in [2.05, 4.69) is 5.32 Å². The van der Waals surface area contributed by atoms with Crippen LogP contribution in [0.5, 0.6) is 0 Å². The first-order chi connectivity index (χ1) is 15.7. The van der Waals surface area contributed by atoms with Crippen LogP contribution in [0.4, 0.5) is 11.4 Å². The zero-order valence-electron chi connectivity index (χ0n) is 16.7. The molecule has 4 rings (SSSR count). The molecule has 166 valence electrons. The first-order valence-corrected chi connectivity index (χ1v) is 10.9. The molecule has 0 fully saturated rings. The third-order valence-corrected chi connectivity index (χ3v) is 6.70. The molecular formula is C22H14N2O8S. The number of nitro benzene ring substituents is 1. The maximum absolute atomic E-state index is 12.9. The normalized spacial score (nSPS) is 13.4. The number of esters is 1. The molecule has 0 aromatic heterocycles. The van der Waals surface area contributed by atoms with Crippen LogP contribution >= 0.6 is 0 Å². The molecule has 10 nitrogen and oxygen atoms in total. The van der Waals surface area contributed by atoms with Crippen molar-refractivity contribution in [1.29, 1.82) is 0 Å². The first kappa shape index (κ1) is 21.8. The van der Waals surface area contributed by atoms with Crippen LogP contribution < -0.4 is 5.32 Å². The summed E-state index contributed by atoms with van der Waals surface area (Å²) in [6, 6.07) is 14.5. The van der Waals surface area contributed by atoms with Gasteiger partial charge in [0.2, 0.25) is 9.84 Å². The van der Waals surface area contributed by atoms with Crippen LogP contribution in [0.3, 0.4) is 0 Å². The minimum atomic E-state index is -4.04. The SMILES string of the molecule is O=C(COC(=O)c1ccc2c(c1)S(=O)(=O)c1ccccc1C2=O)Nc1cccc([N+](=O)[O-])c1. The summed E-state index contributed by atoms with van der Waals surface area (Å²) in [6.07, 6.45) is 0. The van der Waals surface area contributed by atoms with Crippen LogP contribution in [-0.4, -0.2) is 37.6 Å². The number of benzene rings is 3. The van der Waals surface area contributed by atoms with Gasteiger partial charge in [0, 0.05) is 28.9 Å². The lowest BCUT2D eigenvalue weighted by atomic mass is 10.0. The molecule has 0 atom stereocenters. The monoisotopic (exact) mass is 466 g/mol. The molecule has 3 aromatic rings. The van der Waals surface area contributed by atoms with Crippen molar-refractivity contribution in [2.45, 2.75) is 9.79 Å². The average Bonchev–Trinajstić information content (AvgIpc) is 2.81. The quantitative estimate of drug-likeness (QED) is 0.268. The van der Waals surface area contributed by atoms with Crippen LogP contribution in [0, 0.1) is 10.1 Å². The van der Waals surface area contributed by atoms with Gasteiger partial charge in [0.25, 0.3) is 11.6 Å². The van der Waals surface area contributed by atoms with E-state index in [4.69, 9.17) is 4.74 Å². The number of nitrogens with one attached hydrogen (secondary N) is 1. The van der Waals surface area contributed by atoms with Crippen LogP contribution in [0.2, 0.25) is 0 Å². The van der Waals surface area contributed by atoms with Gasteiger partial charge < -0.3 is 10.1 Å². The number of anilines is 1. The van der Waals surface area contributed by atoms with E-state index < -0.39 is 39.0 Å². The largest absolute Gasteiger partial charge is 0.452 e. The van der Waals surface area contributed by atoms with Crippen molar-refractivity contribution in [3.05, 3.63) is 93.5 Å². The second-order valence-corrected chi connectivity index (χ2v) is 8.86. The predicted octanol–water partition coefficient (Wildman–Crippen LogP) is 2.77. The summed E-state index contributed by atoms with van der Waals surface area (Å²) in [5.41, 5.74) is -0.252. The number of amides is 1. The summed E-state index contributed by atoms with van der Waals surface area (Å²) in [4.78, 5) is 46.8. The Morgan fingerprint density at radius 2 is 1.67 bits per heavy atom. The molecule has 0 radical (unpaired) electrons. The van der Waals surface area contributed by atoms with Gasteiger partial charge in [-0.2, -0.15) is 0 Å².